The van der Waals surface area contributed by atoms with E-state index in [4.69, 9.17) is 14.3 Å². The Morgan fingerprint density at radius 1 is 1.65 bits per heavy atom. The first-order chi connectivity index (χ1) is 8.15. The molecule has 0 radical (unpaired) electrons. The van der Waals surface area contributed by atoms with Crippen LogP contribution in [0.25, 0.3) is 0 Å². The predicted molar refractivity (Wildman–Crippen MR) is 61.0 cm³/mol. The van der Waals surface area contributed by atoms with Gasteiger partial charge >= 0.3 is 5.97 Å². The van der Waals surface area contributed by atoms with Crippen molar-refractivity contribution in [3.8, 4) is 0 Å². The molecule has 1 aliphatic rings. The second-order valence-corrected chi connectivity index (χ2v) is 4.45. The van der Waals surface area contributed by atoms with Gasteiger partial charge in [0.15, 0.2) is 0 Å². The first-order valence-electron chi connectivity index (χ1n) is 5.72. The summed E-state index contributed by atoms with van der Waals surface area (Å²) in [5, 5.41) is 12.0. The molecule has 0 amide bonds. The average molecular weight is 239 g/mol. The zero-order valence-electron chi connectivity index (χ0n) is 9.86. The molecule has 1 heterocycles. The number of methoxy groups -OCH3 is 1. The highest BCUT2D eigenvalue weighted by Crippen LogP contribution is 2.34. The van der Waals surface area contributed by atoms with Crippen molar-refractivity contribution in [1.29, 1.82) is 0 Å². The molecule has 0 atom stereocenters. The van der Waals surface area contributed by atoms with Crippen LogP contribution in [0.2, 0.25) is 0 Å². The molecule has 1 aromatic rings. The average Bonchev–Trinajstić information content (AvgIpc) is 2.71. The molecule has 94 valence electrons. The monoisotopic (exact) mass is 239 g/mol. The largest absolute Gasteiger partial charge is 0.478 e. The topological polar surface area (TPSA) is 71.7 Å². The fourth-order valence-electron chi connectivity index (χ4n) is 2.02. The molecule has 0 unspecified atom stereocenters. The van der Waals surface area contributed by atoms with E-state index in [1.807, 2.05) is 0 Å². The molecule has 0 saturated heterocycles. The van der Waals surface area contributed by atoms with Crippen molar-refractivity contribution in [2.24, 2.45) is 0 Å². The summed E-state index contributed by atoms with van der Waals surface area (Å²) >= 11 is 0. The van der Waals surface area contributed by atoms with Gasteiger partial charge in [-0.1, -0.05) is 0 Å². The summed E-state index contributed by atoms with van der Waals surface area (Å²) in [5.74, 6) is -0.333. The van der Waals surface area contributed by atoms with Crippen LogP contribution in [0, 0.1) is 0 Å². The van der Waals surface area contributed by atoms with Gasteiger partial charge in [-0.25, -0.2) is 4.79 Å². The fraction of sp³-hybridized carbons (Fsp3) is 0.583. The lowest BCUT2D eigenvalue weighted by atomic mass is 9.80. The van der Waals surface area contributed by atoms with Crippen LogP contribution in [-0.2, 0) is 11.3 Å². The Hall–Kier alpha value is -1.33. The SMILES string of the molecule is COC1(CNCc2cc(C(=O)O)co2)CCC1. The fourth-order valence-corrected chi connectivity index (χ4v) is 2.02. The third-order valence-corrected chi connectivity index (χ3v) is 3.34. The highest BCUT2D eigenvalue weighted by atomic mass is 16.5. The lowest BCUT2D eigenvalue weighted by Crippen LogP contribution is -2.47. The standard InChI is InChI=1S/C12H17NO4/c1-16-12(3-2-4-12)8-13-6-10-5-9(7-17-10)11(14)15/h5,7,13H,2-4,6,8H2,1H3,(H,14,15). The van der Waals surface area contributed by atoms with Crippen molar-refractivity contribution in [3.63, 3.8) is 0 Å². The highest BCUT2D eigenvalue weighted by Gasteiger charge is 2.36. The number of rotatable bonds is 6. The zero-order valence-corrected chi connectivity index (χ0v) is 9.86. The van der Waals surface area contributed by atoms with Crippen LogP contribution in [0.5, 0.6) is 0 Å². The maximum atomic E-state index is 10.6. The van der Waals surface area contributed by atoms with Crippen molar-refractivity contribution in [2.45, 2.75) is 31.4 Å². The number of carboxylic acids is 1. The minimum Gasteiger partial charge on any atom is -0.478 e. The molecule has 2 N–H and O–H groups in total. The molecule has 17 heavy (non-hydrogen) atoms. The van der Waals surface area contributed by atoms with Gasteiger partial charge < -0.3 is 19.6 Å². The van der Waals surface area contributed by atoms with E-state index in [2.05, 4.69) is 5.32 Å². The van der Waals surface area contributed by atoms with E-state index >= 15 is 0 Å². The maximum Gasteiger partial charge on any atom is 0.338 e. The van der Waals surface area contributed by atoms with Crippen molar-refractivity contribution < 1.29 is 19.1 Å². The van der Waals surface area contributed by atoms with Crippen molar-refractivity contribution in [1.82, 2.24) is 5.32 Å². The summed E-state index contributed by atoms with van der Waals surface area (Å²) in [4.78, 5) is 10.6. The smallest absolute Gasteiger partial charge is 0.338 e. The predicted octanol–water partition coefficient (Wildman–Crippen LogP) is 1.64. The van der Waals surface area contributed by atoms with E-state index in [0.29, 0.717) is 12.3 Å². The number of carbonyl (C=O) groups is 1. The summed E-state index contributed by atoms with van der Waals surface area (Å²) < 4.78 is 10.6. The van der Waals surface area contributed by atoms with E-state index in [1.54, 1.807) is 7.11 Å². The van der Waals surface area contributed by atoms with Crippen LogP contribution in [0.4, 0.5) is 0 Å². The van der Waals surface area contributed by atoms with Gasteiger partial charge in [0.25, 0.3) is 0 Å². The van der Waals surface area contributed by atoms with Gasteiger partial charge in [-0.15, -0.1) is 0 Å². The highest BCUT2D eigenvalue weighted by molar-refractivity contribution is 5.87. The van der Waals surface area contributed by atoms with Crippen LogP contribution < -0.4 is 5.32 Å². The Morgan fingerprint density at radius 3 is 2.88 bits per heavy atom. The minimum atomic E-state index is -0.965. The number of aromatic carboxylic acids is 1. The molecule has 0 aliphatic heterocycles. The molecule has 1 aliphatic carbocycles. The van der Waals surface area contributed by atoms with Crippen molar-refractivity contribution >= 4 is 5.97 Å². The molecule has 5 nitrogen and oxygen atoms in total. The number of hydrogen-bond donors (Lipinski definition) is 2. The van der Waals surface area contributed by atoms with Gasteiger partial charge in [-0.2, -0.15) is 0 Å². The maximum absolute atomic E-state index is 10.6. The Labute approximate surface area is 99.8 Å². The number of carboxylic acid groups (broad SMARTS) is 1. The van der Waals surface area contributed by atoms with Crippen molar-refractivity contribution in [3.05, 3.63) is 23.7 Å². The van der Waals surface area contributed by atoms with E-state index in [1.165, 1.54) is 18.8 Å². The molecular weight excluding hydrogens is 222 g/mol. The minimum absolute atomic E-state index is 0.0256. The summed E-state index contributed by atoms with van der Waals surface area (Å²) in [6.45, 7) is 1.30. The number of ether oxygens (including phenoxy) is 1. The van der Waals surface area contributed by atoms with Gasteiger partial charge in [-0.05, 0) is 25.3 Å². The quantitative estimate of drug-likeness (QED) is 0.789. The van der Waals surface area contributed by atoms with Gasteiger partial charge in [-0.3, -0.25) is 0 Å². The van der Waals surface area contributed by atoms with Crippen molar-refractivity contribution in [2.75, 3.05) is 13.7 Å². The van der Waals surface area contributed by atoms with Crippen LogP contribution >= 0.6 is 0 Å². The van der Waals surface area contributed by atoms with Gasteiger partial charge in [0.05, 0.1) is 17.7 Å². The number of furan rings is 1. The lowest BCUT2D eigenvalue weighted by molar-refractivity contribution is -0.0697. The molecule has 1 saturated carbocycles. The van der Waals surface area contributed by atoms with E-state index in [0.717, 1.165) is 19.4 Å². The summed E-state index contributed by atoms with van der Waals surface area (Å²) in [5.41, 5.74) is 0.161. The van der Waals surface area contributed by atoms with Crippen LogP contribution in [-0.4, -0.2) is 30.3 Å². The first kappa shape index (κ1) is 12.1. The third-order valence-electron chi connectivity index (χ3n) is 3.34. The summed E-state index contributed by atoms with van der Waals surface area (Å²) in [6.07, 6.45) is 4.62. The van der Waals surface area contributed by atoms with E-state index in [-0.39, 0.29) is 11.2 Å². The van der Waals surface area contributed by atoms with E-state index in [9.17, 15) is 4.79 Å². The number of nitrogens with one attached hydrogen (secondary N) is 1. The van der Waals surface area contributed by atoms with Crippen LogP contribution in [0.1, 0.15) is 35.4 Å². The second kappa shape index (κ2) is 4.89. The Balaban J connectivity index is 1.79. The molecule has 2 rings (SSSR count). The molecule has 0 bridgehead atoms. The molecule has 0 aromatic carbocycles. The molecule has 5 heteroatoms. The first-order valence-corrected chi connectivity index (χ1v) is 5.72. The summed E-state index contributed by atoms with van der Waals surface area (Å²) in [6, 6.07) is 1.54. The zero-order chi connectivity index (χ0) is 12.3. The van der Waals surface area contributed by atoms with Gasteiger partial charge in [0.2, 0.25) is 0 Å². The Bertz CT molecular complexity index is 389. The lowest BCUT2D eigenvalue weighted by Gasteiger charge is -2.40. The molecule has 1 fully saturated rings. The third kappa shape index (κ3) is 2.68. The van der Waals surface area contributed by atoms with Gasteiger partial charge in [0.1, 0.15) is 12.0 Å². The molecular formula is C12H17NO4. The normalized spacial score (nSPS) is 17.7. The van der Waals surface area contributed by atoms with E-state index < -0.39 is 5.97 Å². The summed E-state index contributed by atoms with van der Waals surface area (Å²) in [7, 11) is 1.73. The van der Waals surface area contributed by atoms with Crippen LogP contribution in [0.3, 0.4) is 0 Å². The second-order valence-electron chi connectivity index (χ2n) is 4.45. The Kier molecular flexibility index (Phi) is 3.49. The Morgan fingerprint density at radius 2 is 2.41 bits per heavy atom. The molecule has 0 spiro atoms. The van der Waals surface area contributed by atoms with Gasteiger partial charge in [0, 0.05) is 13.7 Å². The molecule has 1 aromatic heterocycles. The van der Waals surface area contributed by atoms with Crippen LogP contribution in [0.15, 0.2) is 16.7 Å². The number of hydrogen-bond acceptors (Lipinski definition) is 4.